The van der Waals surface area contributed by atoms with E-state index in [1.54, 1.807) is 11.5 Å². The van der Waals surface area contributed by atoms with Gasteiger partial charge in [0, 0.05) is 37.8 Å². The average molecular weight is 711 g/mol. The topological polar surface area (TPSA) is 119 Å². The van der Waals surface area contributed by atoms with Crippen LogP contribution in [0.2, 0.25) is 0 Å². The first kappa shape index (κ1) is 35.7. The zero-order valence-corrected chi connectivity index (χ0v) is 31.5. The summed E-state index contributed by atoms with van der Waals surface area (Å²) < 4.78 is 19.7. The third-order valence-corrected chi connectivity index (χ3v) is 10.3. The monoisotopic (exact) mass is 710 g/mol. The lowest BCUT2D eigenvalue weighted by Crippen LogP contribution is -2.48. The zero-order chi connectivity index (χ0) is 36.9. The fraction of sp³-hybridized carbons (Fsp3) is 0.525. The highest BCUT2D eigenvalue weighted by Gasteiger charge is 2.50. The Balaban J connectivity index is 1.17. The summed E-state index contributed by atoms with van der Waals surface area (Å²) >= 11 is 0. The molecule has 12 heteroatoms. The summed E-state index contributed by atoms with van der Waals surface area (Å²) in [6.45, 7) is 12.1. The molecule has 1 aromatic carbocycles. The van der Waals surface area contributed by atoms with Crippen molar-refractivity contribution in [2.75, 3.05) is 45.2 Å². The number of likely N-dealkylation sites (N-methyl/N-ethyl adjacent to an activating group) is 2. The molecular formula is C40H50N6O6. The van der Waals surface area contributed by atoms with Crippen molar-refractivity contribution in [3.05, 3.63) is 62.8 Å². The highest BCUT2D eigenvalue weighted by atomic mass is 16.6. The molecule has 1 saturated carbocycles. The number of esters is 2. The van der Waals surface area contributed by atoms with Crippen LogP contribution in [0.5, 0.6) is 0 Å². The number of nitrogens with zero attached hydrogens (tertiary/aromatic N) is 6. The van der Waals surface area contributed by atoms with E-state index >= 15 is 0 Å². The Bertz CT molecular complexity index is 2060. The number of cyclic esters (lactones) is 1. The van der Waals surface area contributed by atoms with E-state index in [-0.39, 0.29) is 30.7 Å². The maximum Gasteiger partial charge on any atom is 0.355 e. The van der Waals surface area contributed by atoms with Crippen LogP contribution in [0.15, 0.2) is 45.5 Å². The van der Waals surface area contributed by atoms with Gasteiger partial charge in [-0.3, -0.25) is 14.5 Å². The van der Waals surface area contributed by atoms with E-state index in [2.05, 4.69) is 16.7 Å². The van der Waals surface area contributed by atoms with Crippen LogP contribution in [0.25, 0.3) is 22.3 Å². The molecule has 0 unspecified atom stereocenters. The third-order valence-electron chi connectivity index (χ3n) is 10.3. The molecule has 0 N–H and O–H groups in total. The van der Waals surface area contributed by atoms with Gasteiger partial charge >= 0.3 is 11.9 Å². The lowest BCUT2D eigenvalue weighted by molar-refractivity contribution is -0.190. The maximum absolute atomic E-state index is 14.3. The Labute approximate surface area is 305 Å². The summed E-state index contributed by atoms with van der Waals surface area (Å²) in [5.74, 6) is -0.349. The van der Waals surface area contributed by atoms with E-state index in [0.717, 1.165) is 72.4 Å². The van der Waals surface area contributed by atoms with Crippen molar-refractivity contribution in [2.24, 2.45) is 4.99 Å². The first-order valence-electron chi connectivity index (χ1n) is 18.6. The molecule has 5 heterocycles. The van der Waals surface area contributed by atoms with Gasteiger partial charge in [-0.2, -0.15) is 0 Å². The maximum atomic E-state index is 14.3. The number of carbonyl (C=O) groups is 2. The molecule has 0 saturated heterocycles. The molecule has 4 aliphatic rings. The van der Waals surface area contributed by atoms with Gasteiger partial charge in [0.2, 0.25) is 5.60 Å². The van der Waals surface area contributed by atoms with E-state index in [0.29, 0.717) is 42.1 Å². The molecule has 7 rings (SSSR count). The highest BCUT2D eigenvalue weighted by Crippen LogP contribution is 2.47. The van der Waals surface area contributed by atoms with Crippen LogP contribution in [-0.4, -0.2) is 83.5 Å². The van der Waals surface area contributed by atoms with Gasteiger partial charge in [0.1, 0.15) is 12.2 Å². The molecule has 276 valence electrons. The number of rotatable bonds is 13. The van der Waals surface area contributed by atoms with E-state index < -0.39 is 17.5 Å². The summed E-state index contributed by atoms with van der Waals surface area (Å²) in [5, 5.41) is 0.971. The first-order valence-corrected chi connectivity index (χ1v) is 18.6. The van der Waals surface area contributed by atoms with Gasteiger partial charge in [0.15, 0.2) is 5.88 Å². The van der Waals surface area contributed by atoms with Crippen molar-refractivity contribution < 1.29 is 23.8 Å². The second-order valence-electron chi connectivity index (χ2n) is 15.4. The minimum absolute atomic E-state index is 0.0500. The number of allylic oxidation sites excluding steroid dienone is 1. The molecule has 0 bridgehead atoms. The van der Waals surface area contributed by atoms with Crippen molar-refractivity contribution in [1.82, 2.24) is 19.4 Å². The Morgan fingerprint density at radius 2 is 1.87 bits per heavy atom. The van der Waals surface area contributed by atoms with Crippen molar-refractivity contribution in [3.8, 4) is 11.4 Å². The summed E-state index contributed by atoms with van der Waals surface area (Å²) in [7, 11) is 3.84. The number of fused-ring (bicyclic) bond motifs is 5. The Morgan fingerprint density at radius 3 is 2.58 bits per heavy atom. The Hall–Kier alpha value is -4.71. The Kier molecular flexibility index (Phi) is 9.39. The lowest BCUT2D eigenvalue weighted by atomic mass is 9.85. The van der Waals surface area contributed by atoms with Crippen molar-refractivity contribution in [1.29, 1.82) is 0 Å². The van der Waals surface area contributed by atoms with Crippen LogP contribution in [-0.2, 0) is 42.6 Å². The molecule has 3 aliphatic heterocycles. The highest BCUT2D eigenvalue weighted by molar-refractivity contribution is 6.11. The van der Waals surface area contributed by atoms with Gasteiger partial charge in [0.25, 0.3) is 5.56 Å². The molecule has 0 spiro atoms. The number of benzene rings is 1. The molecule has 0 radical (unpaired) electrons. The van der Waals surface area contributed by atoms with E-state index in [1.807, 2.05) is 70.4 Å². The van der Waals surface area contributed by atoms with Gasteiger partial charge in [0.05, 0.1) is 58.7 Å². The van der Waals surface area contributed by atoms with E-state index in [9.17, 15) is 14.4 Å². The largest absolute Gasteiger partial charge is 0.473 e. The molecule has 3 aromatic rings. The second kappa shape index (κ2) is 13.7. The van der Waals surface area contributed by atoms with Crippen molar-refractivity contribution >= 4 is 40.6 Å². The summed E-state index contributed by atoms with van der Waals surface area (Å²) in [4.78, 5) is 57.5. The number of anilines is 1. The van der Waals surface area contributed by atoms with Gasteiger partial charge < -0.3 is 28.6 Å². The number of aliphatic imine (C=N–C) groups is 1. The molecule has 0 amide bonds. The quantitative estimate of drug-likeness (QED) is 0.0931. The van der Waals surface area contributed by atoms with Crippen LogP contribution in [0.4, 0.5) is 11.4 Å². The van der Waals surface area contributed by atoms with Crippen LogP contribution < -0.4 is 10.5 Å². The molecule has 52 heavy (non-hydrogen) atoms. The van der Waals surface area contributed by atoms with Crippen LogP contribution in [0.1, 0.15) is 89.8 Å². The molecular weight excluding hydrogens is 660 g/mol. The normalized spacial score (nSPS) is 18.3. The number of pyridine rings is 2. The van der Waals surface area contributed by atoms with E-state index in [4.69, 9.17) is 24.2 Å². The van der Waals surface area contributed by atoms with Crippen molar-refractivity contribution in [3.63, 3.8) is 0 Å². The number of ether oxygens (including phenoxy) is 3. The predicted molar refractivity (Wildman–Crippen MR) is 201 cm³/mol. The Morgan fingerprint density at radius 1 is 1.08 bits per heavy atom. The number of unbranched alkanes of at least 4 members (excludes halogenated alkanes) is 2. The number of aromatic nitrogens is 2. The SMILES string of the molecule is CCCCCN1C=Nc2cccc3nc4c(c1c23)Cn1c-4cc2c(c1=O)COC(=O)[C@@]2(CC)OC(=O)CN(C)CCN(C)C(OC(C)(C)C)=C1CC1. The fourth-order valence-electron chi connectivity index (χ4n) is 7.50. The van der Waals surface area contributed by atoms with Gasteiger partial charge in [-0.05, 0) is 77.3 Å². The minimum atomic E-state index is -1.76. The van der Waals surface area contributed by atoms with Crippen molar-refractivity contribution in [2.45, 2.75) is 97.5 Å². The molecule has 1 atom stereocenters. The summed E-state index contributed by atoms with van der Waals surface area (Å²) in [5.41, 5.74) is 4.52. The predicted octanol–water partition coefficient (Wildman–Crippen LogP) is 5.98. The molecule has 1 fully saturated rings. The number of carbonyl (C=O) groups excluding carboxylic acids is 2. The lowest BCUT2D eigenvalue weighted by Gasteiger charge is -2.36. The third kappa shape index (κ3) is 6.46. The first-order chi connectivity index (χ1) is 24.8. The van der Waals surface area contributed by atoms with Gasteiger partial charge in [-0.1, -0.05) is 32.8 Å². The summed E-state index contributed by atoms with van der Waals surface area (Å²) in [6.07, 6.45) is 7.26. The minimum Gasteiger partial charge on any atom is -0.473 e. The zero-order valence-electron chi connectivity index (χ0n) is 31.5. The fourth-order valence-corrected chi connectivity index (χ4v) is 7.50. The standard InChI is InChI=1S/C40H50N6O6/c1-8-10-11-17-45-24-41-29-13-12-14-30-33(29)35(45)26-21-46-31(34(26)42-30)20-28-27(36(46)48)23-50-38(49)40(28,9-2)51-32(47)22-43(6)18-19-44(7)37(25-15-16-25)52-39(3,4)5/h12-14,20,24H,8-11,15-19,21-23H2,1-7H3/t40-/m0/s1. The number of hydrogen-bond acceptors (Lipinski definition) is 11. The van der Waals surface area contributed by atoms with Crippen LogP contribution in [0, 0.1) is 0 Å². The van der Waals surface area contributed by atoms with E-state index in [1.165, 1.54) is 5.57 Å². The van der Waals surface area contributed by atoms with Gasteiger partial charge in [-0.15, -0.1) is 0 Å². The van der Waals surface area contributed by atoms with Gasteiger partial charge in [-0.25, -0.2) is 14.8 Å². The second-order valence-corrected chi connectivity index (χ2v) is 15.4. The average Bonchev–Trinajstić information content (AvgIpc) is 3.89. The summed E-state index contributed by atoms with van der Waals surface area (Å²) in [6, 6.07) is 7.72. The molecule has 12 nitrogen and oxygen atoms in total. The smallest absolute Gasteiger partial charge is 0.355 e. The van der Waals surface area contributed by atoms with Crippen LogP contribution in [0.3, 0.4) is 0 Å². The molecule has 2 aromatic heterocycles. The van der Waals surface area contributed by atoms with Crippen LogP contribution >= 0.6 is 0 Å². The molecule has 1 aliphatic carbocycles. The number of hydrogen-bond donors (Lipinski definition) is 0.